The standard InChI is InChI=1S/C11H21NO3/c1-11(2,14)10(13)12(3)8-9-6-4-5-7-15-9/h9,14H,4-8H2,1-3H3. The van der Waals surface area contributed by atoms with Gasteiger partial charge in [-0.05, 0) is 33.1 Å². The Kier molecular flexibility index (Phi) is 4.11. The highest BCUT2D eigenvalue weighted by atomic mass is 16.5. The Morgan fingerprint density at radius 1 is 1.53 bits per heavy atom. The summed E-state index contributed by atoms with van der Waals surface area (Å²) in [6, 6.07) is 0. The van der Waals surface area contributed by atoms with Gasteiger partial charge in [-0.15, -0.1) is 0 Å². The van der Waals surface area contributed by atoms with Gasteiger partial charge in [-0.2, -0.15) is 0 Å². The normalized spacial score (nSPS) is 22.5. The minimum absolute atomic E-state index is 0.134. The van der Waals surface area contributed by atoms with E-state index in [-0.39, 0.29) is 12.0 Å². The zero-order valence-corrected chi connectivity index (χ0v) is 9.82. The monoisotopic (exact) mass is 215 g/mol. The van der Waals surface area contributed by atoms with Crippen LogP contribution < -0.4 is 0 Å². The predicted octanol–water partition coefficient (Wildman–Crippen LogP) is 0.785. The molecule has 88 valence electrons. The highest BCUT2D eigenvalue weighted by Crippen LogP contribution is 2.15. The maximum atomic E-state index is 11.7. The van der Waals surface area contributed by atoms with E-state index in [1.54, 1.807) is 11.9 Å². The first-order valence-corrected chi connectivity index (χ1v) is 5.51. The molecule has 4 heteroatoms. The van der Waals surface area contributed by atoms with Gasteiger partial charge in [0, 0.05) is 20.2 Å². The molecule has 0 aromatic heterocycles. The van der Waals surface area contributed by atoms with Gasteiger partial charge in [0.1, 0.15) is 5.60 Å². The fourth-order valence-corrected chi connectivity index (χ4v) is 1.81. The molecule has 1 atom stereocenters. The van der Waals surface area contributed by atoms with Crippen molar-refractivity contribution < 1.29 is 14.6 Å². The summed E-state index contributed by atoms with van der Waals surface area (Å²) in [4.78, 5) is 13.2. The molecule has 1 N–H and O–H groups in total. The first-order valence-electron chi connectivity index (χ1n) is 5.51. The molecular formula is C11H21NO3. The van der Waals surface area contributed by atoms with Crippen LogP contribution in [0.25, 0.3) is 0 Å². The van der Waals surface area contributed by atoms with E-state index in [1.807, 2.05) is 0 Å². The van der Waals surface area contributed by atoms with E-state index >= 15 is 0 Å². The highest BCUT2D eigenvalue weighted by molar-refractivity contribution is 5.83. The van der Waals surface area contributed by atoms with Crippen molar-refractivity contribution in [1.82, 2.24) is 4.90 Å². The Balaban J connectivity index is 2.40. The van der Waals surface area contributed by atoms with Crippen LogP contribution in [0.15, 0.2) is 0 Å². The molecule has 0 aromatic carbocycles. The zero-order chi connectivity index (χ0) is 11.5. The van der Waals surface area contributed by atoms with E-state index in [0.29, 0.717) is 6.54 Å². The number of ether oxygens (including phenoxy) is 1. The summed E-state index contributed by atoms with van der Waals surface area (Å²) in [6.07, 6.45) is 3.41. The van der Waals surface area contributed by atoms with Gasteiger partial charge >= 0.3 is 0 Å². The van der Waals surface area contributed by atoms with E-state index in [4.69, 9.17) is 4.74 Å². The third-order valence-electron chi connectivity index (χ3n) is 2.62. The molecule has 0 saturated carbocycles. The second kappa shape index (κ2) is 4.94. The summed E-state index contributed by atoms with van der Waals surface area (Å²) in [5.74, 6) is -0.253. The molecule has 1 saturated heterocycles. The summed E-state index contributed by atoms with van der Waals surface area (Å²) in [6.45, 7) is 4.37. The molecule has 0 radical (unpaired) electrons. The van der Waals surface area contributed by atoms with Gasteiger partial charge in [0.15, 0.2) is 0 Å². The molecule has 1 heterocycles. The van der Waals surface area contributed by atoms with E-state index in [0.717, 1.165) is 25.9 Å². The molecule has 0 spiro atoms. The summed E-state index contributed by atoms with van der Waals surface area (Å²) >= 11 is 0. The second-order valence-electron chi connectivity index (χ2n) is 4.73. The number of hydrogen-bond donors (Lipinski definition) is 1. The molecule has 0 aromatic rings. The number of nitrogens with zero attached hydrogens (tertiary/aromatic N) is 1. The van der Waals surface area contributed by atoms with Crippen molar-refractivity contribution in [2.45, 2.75) is 44.8 Å². The predicted molar refractivity (Wildman–Crippen MR) is 57.5 cm³/mol. The minimum atomic E-state index is -1.29. The molecule has 0 aliphatic carbocycles. The first-order chi connectivity index (χ1) is 6.91. The lowest BCUT2D eigenvalue weighted by molar-refractivity contribution is -0.148. The summed E-state index contributed by atoms with van der Waals surface area (Å²) < 4.78 is 5.54. The van der Waals surface area contributed by atoms with Crippen LogP contribution in [0.4, 0.5) is 0 Å². The van der Waals surface area contributed by atoms with Crippen LogP contribution in [0.3, 0.4) is 0 Å². The van der Waals surface area contributed by atoms with Crippen LogP contribution in [-0.4, -0.2) is 47.8 Å². The lowest BCUT2D eigenvalue weighted by Gasteiger charge is -2.30. The molecule has 1 aliphatic rings. The van der Waals surface area contributed by atoms with E-state index < -0.39 is 5.60 Å². The molecule has 1 fully saturated rings. The number of hydrogen-bond acceptors (Lipinski definition) is 3. The van der Waals surface area contributed by atoms with E-state index in [1.165, 1.54) is 13.8 Å². The molecule has 4 nitrogen and oxygen atoms in total. The number of rotatable bonds is 3. The molecule has 0 bridgehead atoms. The Morgan fingerprint density at radius 2 is 2.20 bits per heavy atom. The highest BCUT2D eigenvalue weighted by Gasteiger charge is 2.29. The minimum Gasteiger partial charge on any atom is -0.381 e. The smallest absolute Gasteiger partial charge is 0.253 e. The number of aliphatic hydroxyl groups is 1. The lowest BCUT2D eigenvalue weighted by atomic mass is 10.1. The van der Waals surface area contributed by atoms with Crippen molar-refractivity contribution in [3.63, 3.8) is 0 Å². The maximum Gasteiger partial charge on any atom is 0.253 e. The van der Waals surface area contributed by atoms with Crippen molar-refractivity contribution >= 4 is 5.91 Å². The SMILES string of the molecule is CN(CC1CCCCO1)C(=O)C(C)(C)O. The Labute approximate surface area is 91.2 Å². The fourth-order valence-electron chi connectivity index (χ4n) is 1.81. The largest absolute Gasteiger partial charge is 0.381 e. The number of likely N-dealkylation sites (N-methyl/N-ethyl adjacent to an activating group) is 1. The Hall–Kier alpha value is -0.610. The topological polar surface area (TPSA) is 49.8 Å². The lowest BCUT2D eigenvalue weighted by Crippen LogP contribution is -2.46. The van der Waals surface area contributed by atoms with Gasteiger partial charge in [0.05, 0.1) is 6.10 Å². The summed E-state index contributed by atoms with van der Waals surface area (Å²) in [5.41, 5.74) is -1.29. The number of amides is 1. The Morgan fingerprint density at radius 3 is 2.67 bits per heavy atom. The average molecular weight is 215 g/mol. The van der Waals surface area contributed by atoms with Crippen LogP contribution >= 0.6 is 0 Å². The van der Waals surface area contributed by atoms with Gasteiger partial charge < -0.3 is 14.7 Å². The molecule has 1 aliphatic heterocycles. The Bertz CT molecular complexity index is 216. The van der Waals surface area contributed by atoms with Gasteiger partial charge in [-0.1, -0.05) is 0 Å². The van der Waals surface area contributed by atoms with Crippen LogP contribution in [0.2, 0.25) is 0 Å². The van der Waals surface area contributed by atoms with Crippen LogP contribution in [0.1, 0.15) is 33.1 Å². The fraction of sp³-hybridized carbons (Fsp3) is 0.909. The summed E-state index contributed by atoms with van der Waals surface area (Å²) in [7, 11) is 1.71. The molecular weight excluding hydrogens is 194 g/mol. The van der Waals surface area contributed by atoms with Crippen LogP contribution in [0.5, 0.6) is 0 Å². The van der Waals surface area contributed by atoms with Crippen molar-refractivity contribution in [3.05, 3.63) is 0 Å². The van der Waals surface area contributed by atoms with Gasteiger partial charge in [-0.3, -0.25) is 4.79 Å². The van der Waals surface area contributed by atoms with Gasteiger partial charge in [0.25, 0.3) is 5.91 Å². The molecule has 1 rings (SSSR count). The van der Waals surface area contributed by atoms with E-state index in [9.17, 15) is 9.90 Å². The summed E-state index contributed by atoms with van der Waals surface area (Å²) in [5, 5.41) is 9.55. The third kappa shape index (κ3) is 3.80. The van der Waals surface area contributed by atoms with Crippen molar-refractivity contribution in [1.29, 1.82) is 0 Å². The molecule has 15 heavy (non-hydrogen) atoms. The van der Waals surface area contributed by atoms with Gasteiger partial charge in [0.2, 0.25) is 0 Å². The average Bonchev–Trinajstić information content (AvgIpc) is 2.16. The number of carbonyl (C=O) groups excluding carboxylic acids is 1. The van der Waals surface area contributed by atoms with Crippen molar-refractivity contribution in [3.8, 4) is 0 Å². The second-order valence-corrected chi connectivity index (χ2v) is 4.73. The van der Waals surface area contributed by atoms with Crippen molar-refractivity contribution in [2.24, 2.45) is 0 Å². The van der Waals surface area contributed by atoms with E-state index in [2.05, 4.69) is 0 Å². The maximum absolute atomic E-state index is 11.7. The van der Waals surface area contributed by atoms with Crippen molar-refractivity contribution in [2.75, 3.05) is 20.2 Å². The van der Waals surface area contributed by atoms with Crippen LogP contribution in [-0.2, 0) is 9.53 Å². The van der Waals surface area contributed by atoms with Gasteiger partial charge in [-0.25, -0.2) is 0 Å². The zero-order valence-electron chi connectivity index (χ0n) is 9.82. The molecule has 1 amide bonds. The quantitative estimate of drug-likeness (QED) is 0.757. The molecule has 1 unspecified atom stereocenters. The number of carbonyl (C=O) groups is 1. The third-order valence-corrected chi connectivity index (χ3v) is 2.62. The van der Waals surface area contributed by atoms with Crippen LogP contribution in [0, 0.1) is 0 Å². The first kappa shape index (κ1) is 12.5.